The minimum Gasteiger partial charge on any atom is -0.376 e. The van der Waals surface area contributed by atoms with Crippen molar-refractivity contribution < 1.29 is 9.53 Å². The van der Waals surface area contributed by atoms with Crippen molar-refractivity contribution in [3.05, 3.63) is 67.8 Å². The van der Waals surface area contributed by atoms with Crippen LogP contribution in [0.5, 0.6) is 0 Å². The molecule has 0 radical (unpaired) electrons. The molecule has 3 aliphatic rings. The number of thioether (sulfide) groups is 1. The molecule has 0 bridgehead atoms. The normalized spacial score (nSPS) is 20.8. The van der Waals surface area contributed by atoms with Crippen molar-refractivity contribution >= 4 is 46.1 Å². The molecule has 1 amide bonds. The van der Waals surface area contributed by atoms with Crippen molar-refractivity contribution in [2.24, 2.45) is 0 Å². The number of unbranched alkanes of at least 4 members (excludes halogenated alkanes) is 1. The second-order valence-electron chi connectivity index (χ2n) is 10.8. The van der Waals surface area contributed by atoms with E-state index in [0.29, 0.717) is 34.5 Å². The van der Waals surface area contributed by atoms with Gasteiger partial charge in [-0.2, -0.15) is 5.26 Å². The molecule has 41 heavy (non-hydrogen) atoms. The lowest BCUT2D eigenvalue weighted by atomic mass is 10.0. The predicted octanol–water partition coefficient (Wildman–Crippen LogP) is 4.53. The third-order valence-electron chi connectivity index (χ3n) is 8.06. The molecule has 0 spiro atoms. The lowest BCUT2D eigenvalue weighted by Gasteiger charge is -2.38. The summed E-state index contributed by atoms with van der Waals surface area (Å²) in [6, 6.07) is 12.6. The summed E-state index contributed by atoms with van der Waals surface area (Å²) in [5, 5.41) is 9.99. The van der Waals surface area contributed by atoms with Gasteiger partial charge in [-0.25, -0.2) is 0 Å². The van der Waals surface area contributed by atoms with Gasteiger partial charge >= 0.3 is 0 Å². The number of carbonyl (C=O) groups excluding carboxylic acids is 1. The standard InChI is InChI=1S/C31H37N5O3S2/c1-3-4-12-35-28(34-15-13-33(14-16-34)20-23-9-6-5-7-10-23)25(22(2)26(19-32)29(35)37)18-27-30(38)36(31(40)41-27)21-24-11-8-17-39-24/h5-7,9-10,18,24H,3-4,8,11-17,20-21H2,1-2H3/b27-18-. The van der Waals surface area contributed by atoms with Gasteiger partial charge in [0.15, 0.2) is 0 Å². The molecule has 10 heteroatoms. The van der Waals surface area contributed by atoms with E-state index in [1.165, 1.54) is 17.3 Å². The smallest absolute Gasteiger partial charge is 0.270 e. The fraction of sp³-hybridized carbons (Fsp3) is 0.484. The van der Waals surface area contributed by atoms with Crippen LogP contribution >= 0.6 is 24.0 Å². The van der Waals surface area contributed by atoms with Crippen molar-refractivity contribution in [2.45, 2.75) is 58.7 Å². The Kier molecular flexibility index (Phi) is 9.60. The Labute approximate surface area is 251 Å². The first kappa shape index (κ1) is 29.5. The van der Waals surface area contributed by atoms with Gasteiger partial charge in [-0.3, -0.25) is 24.0 Å². The van der Waals surface area contributed by atoms with E-state index >= 15 is 0 Å². The molecule has 3 fully saturated rings. The van der Waals surface area contributed by atoms with Crippen LogP contribution < -0.4 is 10.5 Å². The van der Waals surface area contributed by atoms with Crippen molar-refractivity contribution in [1.29, 1.82) is 5.26 Å². The number of thiocarbonyl (C=S) groups is 1. The molecule has 8 nitrogen and oxygen atoms in total. The predicted molar refractivity (Wildman–Crippen MR) is 168 cm³/mol. The Bertz CT molecular complexity index is 1420. The molecule has 4 heterocycles. The summed E-state index contributed by atoms with van der Waals surface area (Å²) in [6.45, 7) is 9.65. The lowest BCUT2D eigenvalue weighted by molar-refractivity contribution is -0.123. The number of nitriles is 1. The molecule has 1 aromatic heterocycles. The number of piperazine rings is 1. The number of anilines is 1. The maximum absolute atomic E-state index is 13.6. The molecule has 1 unspecified atom stereocenters. The van der Waals surface area contributed by atoms with Crippen LogP contribution in [0.1, 0.15) is 54.9 Å². The number of aromatic nitrogens is 1. The molecule has 3 saturated heterocycles. The van der Waals surface area contributed by atoms with Gasteiger partial charge in [0, 0.05) is 51.4 Å². The van der Waals surface area contributed by atoms with Crippen LogP contribution in [-0.2, 0) is 22.6 Å². The average Bonchev–Trinajstić information content (AvgIpc) is 3.59. The Morgan fingerprint density at radius 2 is 1.93 bits per heavy atom. The molecule has 1 atom stereocenters. The molecule has 3 aliphatic heterocycles. The first-order valence-corrected chi connectivity index (χ1v) is 15.7. The highest BCUT2D eigenvalue weighted by Crippen LogP contribution is 2.37. The van der Waals surface area contributed by atoms with Gasteiger partial charge in [-0.05, 0) is 43.4 Å². The van der Waals surface area contributed by atoms with E-state index in [1.54, 1.807) is 9.47 Å². The quantitative estimate of drug-likeness (QED) is 0.311. The zero-order valence-corrected chi connectivity index (χ0v) is 25.4. The van der Waals surface area contributed by atoms with Gasteiger partial charge in [0.05, 0.1) is 17.6 Å². The van der Waals surface area contributed by atoms with Crippen LogP contribution in [0.15, 0.2) is 40.0 Å². The SMILES string of the molecule is CCCCn1c(N2CCN(Cc3ccccc3)CC2)c(/C=C2\SC(=S)N(CC3CCCO3)C2=O)c(C)c(C#N)c1=O. The van der Waals surface area contributed by atoms with Gasteiger partial charge in [0.2, 0.25) is 0 Å². The summed E-state index contributed by atoms with van der Waals surface area (Å²) in [7, 11) is 0. The highest BCUT2D eigenvalue weighted by atomic mass is 32.2. The number of rotatable bonds is 9. The number of hydrogen-bond donors (Lipinski definition) is 0. The van der Waals surface area contributed by atoms with Gasteiger partial charge < -0.3 is 9.64 Å². The summed E-state index contributed by atoms with van der Waals surface area (Å²) >= 11 is 6.89. The molecule has 2 aromatic rings. The number of carbonyl (C=O) groups is 1. The topological polar surface area (TPSA) is 81.8 Å². The van der Waals surface area contributed by atoms with E-state index in [1.807, 2.05) is 19.1 Å². The van der Waals surface area contributed by atoms with Crippen LogP contribution in [-0.4, -0.2) is 70.0 Å². The maximum Gasteiger partial charge on any atom is 0.270 e. The van der Waals surface area contributed by atoms with Crippen LogP contribution in [0, 0.1) is 18.3 Å². The minimum atomic E-state index is -0.261. The third kappa shape index (κ3) is 6.44. The number of hydrogen-bond acceptors (Lipinski definition) is 8. The van der Waals surface area contributed by atoms with Crippen molar-refractivity contribution in [3.8, 4) is 6.07 Å². The summed E-state index contributed by atoms with van der Waals surface area (Å²) in [4.78, 5) is 34.0. The molecule has 0 aliphatic carbocycles. The second kappa shape index (κ2) is 13.3. The largest absolute Gasteiger partial charge is 0.376 e. The van der Waals surface area contributed by atoms with E-state index in [0.717, 1.165) is 69.8 Å². The zero-order chi connectivity index (χ0) is 28.9. The summed E-state index contributed by atoms with van der Waals surface area (Å²) in [5.41, 5.74) is 2.51. The third-order valence-corrected chi connectivity index (χ3v) is 9.44. The van der Waals surface area contributed by atoms with Crippen LogP contribution in [0.25, 0.3) is 6.08 Å². The zero-order valence-electron chi connectivity index (χ0n) is 23.8. The molecule has 216 valence electrons. The maximum atomic E-state index is 13.6. The second-order valence-corrected chi connectivity index (χ2v) is 12.5. The summed E-state index contributed by atoms with van der Waals surface area (Å²) in [5.74, 6) is 0.655. The van der Waals surface area contributed by atoms with Gasteiger partial charge in [-0.1, -0.05) is 67.7 Å². The van der Waals surface area contributed by atoms with Crippen molar-refractivity contribution in [3.63, 3.8) is 0 Å². The number of benzene rings is 1. The van der Waals surface area contributed by atoms with Crippen molar-refractivity contribution in [1.82, 2.24) is 14.4 Å². The van der Waals surface area contributed by atoms with E-state index in [4.69, 9.17) is 17.0 Å². The summed E-state index contributed by atoms with van der Waals surface area (Å²) in [6.07, 6.45) is 5.51. The summed E-state index contributed by atoms with van der Waals surface area (Å²) < 4.78 is 8.04. The Morgan fingerprint density at radius 1 is 1.17 bits per heavy atom. The number of amides is 1. The molecular formula is C31H37N5O3S2. The molecule has 1 aromatic carbocycles. The van der Waals surface area contributed by atoms with E-state index in [2.05, 4.69) is 47.1 Å². The van der Waals surface area contributed by atoms with Crippen LogP contribution in [0.3, 0.4) is 0 Å². The van der Waals surface area contributed by atoms with Gasteiger partial charge in [0.1, 0.15) is 21.8 Å². The molecular weight excluding hydrogens is 555 g/mol. The van der Waals surface area contributed by atoms with Gasteiger partial charge in [-0.15, -0.1) is 0 Å². The van der Waals surface area contributed by atoms with E-state index in [9.17, 15) is 14.9 Å². The first-order chi connectivity index (χ1) is 19.9. The molecule has 0 N–H and O–H groups in total. The molecule has 0 saturated carbocycles. The molecule has 5 rings (SSSR count). The monoisotopic (exact) mass is 591 g/mol. The Balaban J connectivity index is 1.49. The fourth-order valence-electron chi connectivity index (χ4n) is 5.75. The fourth-order valence-corrected chi connectivity index (χ4v) is 7.01. The number of ether oxygens (including phenoxy) is 1. The van der Waals surface area contributed by atoms with Crippen molar-refractivity contribution in [2.75, 3.05) is 44.2 Å². The Hall–Kier alpha value is -2.97. The highest BCUT2D eigenvalue weighted by molar-refractivity contribution is 8.26. The lowest BCUT2D eigenvalue weighted by Crippen LogP contribution is -2.48. The van der Waals surface area contributed by atoms with Crippen LogP contribution in [0.4, 0.5) is 5.82 Å². The Morgan fingerprint density at radius 3 is 2.59 bits per heavy atom. The number of nitrogens with zero attached hydrogens (tertiary/aromatic N) is 5. The van der Waals surface area contributed by atoms with Crippen LogP contribution in [0.2, 0.25) is 0 Å². The number of pyridine rings is 1. The highest BCUT2D eigenvalue weighted by Gasteiger charge is 2.35. The van der Waals surface area contributed by atoms with E-state index < -0.39 is 0 Å². The first-order valence-electron chi connectivity index (χ1n) is 14.5. The van der Waals surface area contributed by atoms with E-state index in [-0.39, 0.29) is 23.1 Å². The van der Waals surface area contributed by atoms with Gasteiger partial charge in [0.25, 0.3) is 11.5 Å². The average molecular weight is 592 g/mol. The minimum absolute atomic E-state index is 0.00229.